The topological polar surface area (TPSA) is 163 Å². The van der Waals surface area contributed by atoms with Crippen LogP contribution in [-0.4, -0.2) is 47.0 Å². The fourth-order valence-corrected chi connectivity index (χ4v) is 7.04. The number of esters is 3. The third-order valence-electron chi connectivity index (χ3n) is 9.59. The largest absolute Gasteiger partial charge is 0.506 e. The number of halogens is 4. The van der Waals surface area contributed by atoms with Crippen molar-refractivity contribution in [1.82, 2.24) is 0 Å². The van der Waals surface area contributed by atoms with Gasteiger partial charge >= 0.3 is 30.1 Å². The molecule has 54 heavy (non-hydrogen) atoms. The van der Waals surface area contributed by atoms with Crippen LogP contribution in [0.25, 0.3) is 0 Å². The van der Waals surface area contributed by atoms with E-state index >= 15 is 0 Å². The smallest absolute Gasteiger partial charge is 0.420 e. The zero-order valence-electron chi connectivity index (χ0n) is 30.9. The molecule has 0 radical (unpaired) electrons. The average Bonchev–Trinajstić information content (AvgIpc) is 3.05. The summed E-state index contributed by atoms with van der Waals surface area (Å²) >= 11 is 3.12. The molecule has 1 aliphatic rings. The van der Waals surface area contributed by atoms with Crippen LogP contribution < -0.4 is 14.2 Å². The van der Waals surface area contributed by atoms with Crippen LogP contribution in [-0.2, 0) is 20.5 Å². The Morgan fingerprint density at radius 1 is 0.722 bits per heavy atom. The van der Waals surface area contributed by atoms with E-state index in [1.165, 1.54) is 68.6 Å². The fourth-order valence-electron chi connectivity index (χ4n) is 6.46. The van der Waals surface area contributed by atoms with Gasteiger partial charge in [-0.2, -0.15) is 13.2 Å². The van der Waals surface area contributed by atoms with Crippen LogP contribution in [0.2, 0.25) is 0 Å². The van der Waals surface area contributed by atoms with Crippen LogP contribution in [0.3, 0.4) is 0 Å². The summed E-state index contributed by atoms with van der Waals surface area (Å²) in [6.45, 7) is 12.8. The number of rotatable bonds is 8. The number of hydrogen-bond donors (Lipinski definition) is 2. The van der Waals surface area contributed by atoms with Crippen molar-refractivity contribution >= 4 is 45.6 Å². The van der Waals surface area contributed by atoms with E-state index in [1.54, 1.807) is 0 Å². The van der Waals surface area contributed by atoms with Crippen molar-refractivity contribution in [1.29, 1.82) is 0 Å². The first-order valence-electron chi connectivity index (χ1n) is 16.2. The molecule has 0 aromatic heterocycles. The number of ketones is 1. The number of alkyl halides is 3. The maximum atomic E-state index is 14.7. The number of aromatic hydroxyl groups is 1. The van der Waals surface area contributed by atoms with Gasteiger partial charge in [-0.25, -0.2) is 14.4 Å². The van der Waals surface area contributed by atoms with E-state index in [1.807, 2.05) is 0 Å². The lowest BCUT2D eigenvalue weighted by molar-refractivity contribution is -0.139. The number of phenolic OH excluding ortho intramolecular Hbond substituents is 1. The number of carbonyl (C=O) groups excluding carboxylic acids is 4. The SMILES string of the molecule is COC1=CC(=O)C=C(C)C1C(=O)Oc1c(C)c(C)c(C(=O)Oc2cc(C)c(C(=O)Oc3c(C)c(C)c(C(=O)O)c(C)c3C)c(C)c2C(F)(F)F)c(O)c1Br. The van der Waals surface area contributed by atoms with Gasteiger partial charge in [0.1, 0.15) is 44.5 Å². The van der Waals surface area contributed by atoms with Gasteiger partial charge < -0.3 is 29.2 Å². The zero-order valence-corrected chi connectivity index (χ0v) is 32.5. The predicted molar refractivity (Wildman–Crippen MR) is 191 cm³/mol. The van der Waals surface area contributed by atoms with E-state index in [0.29, 0.717) is 27.8 Å². The van der Waals surface area contributed by atoms with Crippen LogP contribution >= 0.6 is 15.9 Å². The third kappa shape index (κ3) is 7.36. The molecule has 0 saturated heterocycles. The molecule has 11 nitrogen and oxygen atoms in total. The molecule has 1 aliphatic carbocycles. The molecule has 0 amide bonds. The lowest BCUT2D eigenvalue weighted by Crippen LogP contribution is -2.28. The van der Waals surface area contributed by atoms with E-state index in [9.17, 15) is 47.4 Å². The molecule has 0 spiro atoms. The number of benzene rings is 3. The summed E-state index contributed by atoms with van der Waals surface area (Å²) in [5.41, 5.74) is -1.35. The summed E-state index contributed by atoms with van der Waals surface area (Å²) in [5.74, 6) is -8.04. The Labute approximate surface area is 316 Å². The standard InChI is InChI=1S/C39H36BrF3O11/c1-14-11-23(44)13-24(51-10)27(14)37(49)54-34-21(8)18(5)29(32(45)31(34)40)38(50)52-25-12-15(2)26(22(9)30(25)39(41,42)43)36(48)53-33-19(6)16(3)28(35(46)47)17(4)20(33)7/h11-13,27,45H,1-10H3,(H,46,47). The second-order valence-electron chi connectivity index (χ2n) is 12.9. The Morgan fingerprint density at radius 3 is 1.76 bits per heavy atom. The quantitative estimate of drug-likeness (QED) is 0.166. The highest BCUT2D eigenvalue weighted by atomic mass is 79.9. The van der Waals surface area contributed by atoms with E-state index in [4.69, 9.17) is 18.9 Å². The molecular weight excluding hydrogens is 781 g/mol. The summed E-state index contributed by atoms with van der Waals surface area (Å²) in [5, 5.41) is 20.8. The van der Waals surface area contributed by atoms with E-state index in [0.717, 1.165) is 19.1 Å². The molecule has 0 saturated carbocycles. The molecule has 4 rings (SSSR count). The Morgan fingerprint density at radius 2 is 1.24 bits per heavy atom. The minimum absolute atomic E-state index is 0.0000644. The van der Waals surface area contributed by atoms with Crippen LogP contribution in [0.4, 0.5) is 13.2 Å². The van der Waals surface area contributed by atoms with Crippen molar-refractivity contribution in [2.45, 2.75) is 68.5 Å². The number of hydrogen-bond acceptors (Lipinski definition) is 10. The normalized spacial score (nSPS) is 14.3. The summed E-state index contributed by atoms with van der Waals surface area (Å²) < 4.78 is 65.5. The first-order chi connectivity index (χ1) is 25.0. The molecule has 1 unspecified atom stereocenters. The maximum absolute atomic E-state index is 14.7. The zero-order chi connectivity index (χ0) is 40.9. The predicted octanol–water partition coefficient (Wildman–Crippen LogP) is 8.36. The summed E-state index contributed by atoms with van der Waals surface area (Å²) in [4.78, 5) is 64.2. The number of carboxylic acids is 1. The molecule has 0 fully saturated rings. The van der Waals surface area contributed by atoms with Gasteiger partial charge in [0.25, 0.3) is 0 Å². The first-order valence-corrected chi connectivity index (χ1v) is 17.0. The number of methoxy groups -OCH3 is 1. The molecule has 0 aliphatic heterocycles. The van der Waals surface area contributed by atoms with Crippen LogP contribution in [0.15, 0.2) is 34.0 Å². The minimum Gasteiger partial charge on any atom is -0.506 e. The summed E-state index contributed by atoms with van der Waals surface area (Å²) in [6, 6.07) is 0.851. The monoisotopic (exact) mass is 816 g/mol. The number of phenols is 1. The van der Waals surface area contributed by atoms with Gasteiger partial charge in [0.05, 0.1) is 18.2 Å². The minimum atomic E-state index is -5.15. The number of aromatic carboxylic acids is 1. The lowest BCUT2D eigenvalue weighted by Gasteiger charge is -2.23. The van der Waals surface area contributed by atoms with Crippen molar-refractivity contribution in [2.24, 2.45) is 5.92 Å². The third-order valence-corrected chi connectivity index (χ3v) is 10.3. The van der Waals surface area contributed by atoms with Gasteiger partial charge in [-0.1, -0.05) is 0 Å². The molecule has 15 heteroatoms. The molecule has 286 valence electrons. The lowest BCUT2D eigenvalue weighted by atomic mass is 9.92. The van der Waals surface area contributed by atoms with Crippen molar-refractivity contribution in [3.8, 4) is 23.0 Å². The van der Waals surface area contributed by atoms with Gasteiger partial charge in [0.15, 0.2) is 11.5 Å². The van der Waals surface area contributed by atoms with E-state index < -0.39 is 75.5 Å². The second kappa shape index (κ2) is 15.1. The molecule has 0 bridgehead atoms. The molecular formula is C39H36BrF3O11. The first kappa shape index (κ1) is 41.3. The number of carbonyl (C=O) groups is 5. The molecule has 3 aromatic rings. The maximum Gasteiger partial charge on any atom is 0.420 e. The van der Waals surface area contributed by atoms with Crippen molar-refractivity contribution < 1.29 is 66.3 Å². The number of carboxylic acid groups (broad SMARTS) is 1. The van der Waals surface area contributed by atoms with Gasteiger partial charge in [0.2, 0.25) is 0 Å². The highest BCUT2D eigenvalue weighted by Crippen LogP contribution is 2.45. The molecule has 1 atom stereocenters. The van der Waals surface area contributed by atoms with Gasteiger partial charge in [-0.15, -0.1) is 0 Å². The van der Waals surface area contributed by atoms with Crippen LogP contribution in [0.1, 0.15) is 88.1 Å². The summed E-state index contributed by atoms with van der Waals surface area (Å²) in [7, 11) is 1.27. The second-order valence-corrected chi connectivity index (χ2v) is 13.7. The molecule has 0 heterocycles. The van der Waals surface area contributed by atoms with Crippen molar-refractivity contribution in [2.75, 3.05) is 7.11 Å². The Balaban J connectivity index is 1.74. The average molecular weight is 818 g/mol. The van der Waals surface area contributed by atoms with E-state index in [2.05, 4.69) is 15.9 Å². The van der Waals surface area contributed by atoms with Crippen molar-refractivity contribution in [3.63, 3.8) is 0 Å². The van der Waals surface area contributed by atoms with E-state index in [-0.39, 0.29) is 44.0 Å². The van der Waals surface area contributed by atoms with Crippen molar-refractivity contribution in [3.05, 3.63) is 101 Å². The van der Waals surface area contributed by atoms with Gasteiger partial charge in [0, 0.05) is 6.08 Å². The highest BCUT2D eigenvalue weighted by molar-refractivity contribution is 9.10. The number of ether oxygens (including phenoxy) is 4. The van der Waals surface area contributed by atoms with Gasteiger partial charge in [-0.3, -0.25) is 9.59 Å². The van der Waals surface area contributed by atoms with Crippen LogP contribution in [0, 0.1) is 61.3 Å². The Bertz CT molecular complexity index is 2190. The highest BCUT2D eigenvalue weighted by Gasteiger charge is 2.41. The number of aryl methyl sites for hydroxylation is 1. The molecule has 3 aromatic carbocycles. The Kier molecular flexibility index (Phi) is 11.6. The Hall–Kier alpha value is -5.44. The fraction of sp³-hybridized carbons (Fsp3) is 0.308. The summed E-state index contributed by atoms with van der Waals surface area (Å²) in [6.07, 6.45) is -2.79. The number of allylic oxidation sites excluding steroid dienone is 2. The van der Waals surface area contributed by atoms with Crippen LogP contribution in [0.5, 0.6) is 23.0 Å². The molecule has 2 N–H and O–H groups in total. The van der Waals surface area contributed by atoms with Gasteiger partial charge in [-0.05, 0) is 140 Å².